The Kier molecular flexibility index (Phi) is 3.89. The Morgan fingerprint density at radius 3 is 3.10 bits per heavy atom. The van der Waals surface area contributed by atoms with Gasteiger partial charge in [-0.25, -0.2) is 4.98 Å². The number of nitrogens with one attached hydrogen (secondary N) is 2. The quantitative estimate of drug-likeness (QED) is 0.892. The molecule has 0 radical (unpaired) electrons. The summed E-state index contributed by atoms with van der Waals surface area (Å²) in [5.41, 5.74) is 1.02. The summed E-state index contributed by atoms with van der Waals surface area (Å²) < 4.78 is 1.95. The highest BCUT2D eigenvalue weighted by molar-refractivity contribution is 6.35. The Hall–Kier alpha value is -1.56. The van der Waals surface area contributed by atoms with Gasteiger partial charge in [-0.1, -0.05) is 23.2 Å². The van der Waals surface area contributed by atoms with Crippen molar-refractivity contribution in [2.45, 2.75) is 19.5 Å². The Balaban J connectivity index is 1.90. The zero-order valence-corrected chi connectivity index (χ0v) is 12.9. The highest BCUT2D eigenvalue weighted by atomic mass is 35.5. The fourth-order valence-electron chi connectivity index (χ4n) is 2.45. The van der Waals surface area contributed by atoms with Gasteiger partial charge in [-0.15, -0.1) is 0 Å². The van der Waals surface area contributed by atoms with Gasteiger partial charge in [-0.3, -0.25) is 4.79 Å². The number of hydrogen-bond donors (Lipinski definition) is 2. The fraction of sp³-hybridized carbons (Fsp3) is 0.286. The summed E-state index contributed by atoms with van der Waals surface area (Å²) in [6.07, 6.45) is 1.59. The summed E-state index contributed by atoms with van der Waals surface area (Å²) in [6.45, 7) is 3.51. The lowest BCUT2D eigenvalue weighted by molar-refractivity contribution is 0.101. The lowest BCUT2D eigenvalue weighted by Gasteiger charge is -2.24. The van der Waals surface area contributed by atoms with E-state index in [1.165, 1.54) is 0 Å². The van der Waals surface area contributed by atoms with Crippen LogP contribution in [-0.2, 0) is 6.54 Å². The topological polar surface area (TPSA) is 59.0 Å². The summed E-state index contributed by atoms with van der Waals surface area (Å²) in [5, 5.41) is 7.00. The van der Waals surface area contributed by atoms with E-state index >= 15 is 0 Å². The summed E-state index contributed by atoms with van der Waals surface area (Å²) in [7, 11) is 0. The first-order chi connectivity index (χ1) is 10.1. The summed E-state index contributed by atoms with van der Waals surface area (Å²) in [6, 6.07) is 5.12. The van der Waals surface area contributed by atoms with Crippen molar-refractivity contribution in [3.63, 3.8) is 0 Å². The third-order valence-corrected chi connectivity index (χ3v) is 4.01. The first kappa shape index (κ1) is 14.4. The second kappa shape index (κ2) is 5.67. The molecule has 7 heteroatoms. The van der Waals surface area contributed by atoms with Crippen molar-refractivity contribution in [3.05, 3.63) is 46.0 Å². The predicted molar refractivity (Wildman–Crippen MR) is 83.1 cm³/mol. The average Bonchev–Trinajstić information content (AvgIpc) is 2.88. The second-order valence-electron chi connectivity index (χ2n) is 4.99. The molecule has 5 nitrogen and oxygen atoms in total. The molecule has 110 valence electrons. The number of halogens is 2. The monoisotopic (exact) mass is 324 g/mol. The van der Waals surface area contributed by atoms with Crippen molar-refractivity contribution in [1.82, 2.24) is 14.9 Å². The third-order valence-electron chi connectivity index (χ3n) is 3.45. The van der Waals surface area contributed by atoms with Crippen LogP contribution in [0.15, 0.2) is 24.4 Å². The molecule has 1 unspecified atom stereocenters. The molecule has 2 N–H and O–H groups in total. The molecule has 0 aliphatic carbocycles. The number of hydrogen-bond acceptors (Lipinski definition) is 3. The maximum Gasteiger partial charge on any atom is 0.273 e. The molecule has 0 saturated carbocycles. The second-order valence-corrected chi connectivity index (χ2v) is 5.83. The molecule has 2 aromatic rings. The number of aromatic nitrogens is 2. The van der Waals surface area contributed by atoms with Crippen LogP contribution in [0, 0.1) is 0 Å². The van der Waals surface area contributed by atoms with Crippen LogP contribution in [0.4, 0.5) is 5.69 Å². The summed E-state index contributed by atoms with van der Waals surface area (Å²) >= 11 is 12.0. The van der Waals surface area contributed by atoms with Gasteiger partial charge in [0.1, 0.15) is 11.5 Å². The zero-order chi connectivity index (χ0) is 15.0. The molecule has 1 aliphatic heterocycles. The van der Waals surface area contributed by atoms with E-state index in [0.717, 1.165) is 12.4 Å². The zero-order valence-electron chi connectivity index (χ0n) is 11.4. The first-order valence-corrected chi connectivity index (χ1v) is 7.35. The molecule has 0 spiro atoms. The number of rotatable bonds is 2. The third kappa shape index (κ3) is 2.77. The molecule has 0 bridgehead atoms. The van der Waals surface area contributed by atoms with Gasteiger partial charge in [0.2, 0.25) is 0 Å². The molecule has 0 fully saturated rings. The van der Waals surface area contributed by atoms with E-state index in [0.29, 0.717) is 28.0 Å². The van der Waals surface area contributed by atoms with Gasteiger partial charge < -0.3 is 15.2 Å². The van der Waals surface area contributed by atoms with Gasteiger partial charge in [-0.05, 0) is 25.1 Å². The fourth-order valence-corrected chi connectivity index (χ4v) is 2.79. The predicted octanol–water partition coefficient (Wildman–Crippen LogP) is 3.11. The Bertz CT molecular complexity index is 698. The SMILES string of the molecule is CC1CNCc2ncc(C(=O)Nc3cc(Cl)ccc3Cl)n21. The average molecular weight is 325 g/mol. The van der Waals surface area contributed by atoms with Crippen molar-refractivity contribution in [3.8, 4) is 0 Å². The van der Waals surface area contributed by atoms with E-state index in [4.69, 9.17) is 23.2 Å². The van der Waals surface area contributed by atoms with Crippen LogP contribution in [0.1, 0.15) is 29.3 Å². The molecule has 1 aliphatic rings. The van der Waals surface area contributed by atoms with E-state index < -0.39 is 0 Å². The molecule has 1 aromatic heterocycles. The van der Waals surface area contributed by atoms with Crippen LogP contribution in [-0.4, -0.2) is 22.0 Å². The smallest absolute Gasteiger partial charge is 0.273 e. The van der Waals surface area contributed by atoms with Crippen LogP contribution < -0.4 is 10.6 Å². The summed E-state index contributed by atoms with van der Waals surface area (Å²) in [4.78, 5) is 16.8. The molecular formula is C14H14Cl2N4O. The number of carbonyl (C=O) groups excluding carboxylic acids is 1. The van der Waals surface area contributed by atoms with Crippen LogP contribution in [0.5, 0.6) is 0 Å². The van der Waals surface area contributed by atoms with E-state index in [1.54, 1.807) is 24.4 Å². The van der Waals surface area contributed by atoms with Gasteiger partial charge >= 0.3 is 0 Å². The molecular weight excluding hydrogens is 311 g/mol. The van der Waals surface area contributed by atoms with Crippen molar-refractivity contribution in [2.75, 3.05) is 11.9 Å². The molecule has 0 saturated heterocycles. The van der Waals surface area contributed by atoms with Crippen molar-refractivity contribution in [1.29, 1.82) is 0 Å². The van der Waals surface area contributed by atoms with Crippen LogP contribution in [0.2, 0.25) is 10.0 Å². The van der Waals surface area contributed by atoms with Gasteiger partial charge in [0.25, 0.3) is 5.91 Å². The number of fused-ring (bicyclic) bond motifs is 1. The highest BCUT2D eigenvalue weighted by Crippen LogP contribution is 2.26. The highest BCUT2D eigenvalue weighted by Gasteiger charge is 2.23. The molecule has 3 rings (SSSR count). The molecule has 1 atom stereocenters. The van der Waals surface area contributed by atoms with E-state index in [1.807, 2.05) is 11.5 Å². The normalized spacial score (nSPS) is 17.4. The molecule has 2 heterocycles. The standard InChI is InChI=1S/C14H14Cl2N4O/c1-8-5-17-7-13-18-6-12(20(8)13)14(21)19-11-4-9(15)2-3-10(11)16/h2-4,6,8,17H,5,7H2,1H3,(H,19,21). The van der Waals surface area contributed by atoms with Gasteiger partial charge in [0.15, 0.2) is 0 Å². The number of benzene rings is 1. The minimum atomic E-state index is -0.244. The van der Waals surface area contributed by atoms with Crippen LogP contribution in [0.3, 0.4) is 0 Å². The van der Waals surface area contributed by atoms with Crippen LogP contribution in [0.25, 0.3) is 0 Å². The molecule has 21 heavy (non-hydrogen) atoms. The number of carbonyl (C=O) groups is 1. The Morgan fingerprint density at radius 1 is 1.48 bits per heavy atom. The minimum Gasteiger partial charge on any atom is -0.319 e. The molecule has 1 amide bonds. The van der Waals surface area contributed by atoms with Gasteiger partial charge in [0.05, 0.1) is 23.5 Å². The maximum absolute atomic E-state index is 12.5. The number of amides is 1. The minimum absolute atomic E-state index is 0.173. The largest absolute Gasteiger partial charge is 0.319 e. The Labute approximate surface area is 132 Å². The summed E-state index contributed by atoms with van der Waals surface area (Å²) in [5.74, 6) is 0.614. The van der Waals surface area contributed by atoms with Crippen molar-refractivity contribution in [2.24, 2.45) is 0 Å². The van der Waals surface area contributed by atoms with Gasteiger partial charge in [-0.2, -0.15) is 0 Å². The van der Waals surface area contributed by atoms with Crippen molar-refractivity contribution >= 4 is 34.8 Å². The van der Waals surface area contributed by atoms with E-state index in [9.17, 15) is 4.79 Å². The number of imidazole rings is 1. The Morgan fingerprint density at radius 2 is 2.29 bits per heavy atom. The first-order valence-electron chi connectivity index (χ1n) is 6.59. The molecule has 1 aromatic carbocycles. The maximum atomic E-state index is 12.5. The van der Waals surface area contributed by atoms with Gasteiger partial charge in [0, 0.05) is 17.6 Å². The van der Waals surface area contributed by atoms with Crippen LogP contribution >= 0.6 is 23.2 Å². The number of anilines is 1. The van der Waals surface area contributed by atoms with Crippen molar-refractivity contribution < 1.29 is 4.79 Å². The number of nitrogens with zero attached hydrogens (tertiary/aromatic N) is 2. The van der Waals surface area contributed by atoms with E-state index in [-0.39, 0.29) is 11.9 Å². The van der Waals surface area contributed by atoms with E-state index in [2.05, 4.69) is 15.6 Å². The lowest BCUT2D eigenvalue weighted by atomic mass is 10.2. The lowest BCUT2D eigenvalue weighted by Crippen LogP contribution is -2.33.